The first-order valence-corrected chi connectivity index (χ1v) is 11.7. The minimum atomic E-state index is -0.572. The number of aliphatic hydroxyl groups is 1. The number of ether oxygens (including phenoxy) is 1. The number of rotatable bonds is 4. The average molecular weight is 479 g/mol. The lowest BCUT2D eigenvalue weighted by atomic mass is 9.81. The zero-order chi connectivity index (χ0) is 25.0. The molecular formula is C29H24N3O4+. The summed E-state index contributed by atoms with van der Waals surface area (Å²) in [6.07, 6.45) is 0. The lowest BCUT2D eigenvalue weighted by Crippen LogP contribution is -2.73. The molecule has 7 nitrogen and oxygen atoms in total. The van der Waals surface area contributed by atoms with Crippen LogP contribution in [0.2, 0.25) is 0 Å². The molecule has 1 atom stereocenters. The first-order chi connectivity index (χ1) is 17.5. The number of fused-ring (bicyclic) bond motifs is 4. The van der Waals surface area contributed by atoms with Crippen LogP contribution in [0.15, 0.2) is 94.0 Å². The number of hydrogen-bond acceptors (Lipinski definition) is 4. The largest absolute Gasteiger partial charge is 0.507 e. The Morgan fingerprint density at radius 2 is 1.53 bits per heavy atom. The third-order valence-electron chi connectivity index (χ3n) is 6.96. The highest BCUT2D eigenvalue weighted by Gasteiger charge is 2.44. The monoisotopic (exact) mass is 478 g/mol. The Hall–Kier alpha value is -4.65. The fourth-order valence-electron chi connectivity index (χ4n) is 5.11. The Labute approximate surface area is 206 Å². The van der Waals surface area contributed by atoms with Crippen LogP contribution >= 0.6 is 0 Å². The smallest absolute Gasteiger partial charge is 0.417 e. The minimum Gasteiger partial charge on any atom is -0.507 e. The summed E-state index contributed by atoms with van der Waals surface area (Å²) < 4.78 is 8.50. The minimum absolute atomic E-state index is 0.129. The van der Waals surface area contributed by atoms with E-state index in [1.54, 1.807) is 7.05 Å². The molecule has 7 heteroatoms. The standard InChI is InChI=1S/C29H23N3O4/c1-31-27-24(28(34)32(2)29(31)35)22(23-25(30-27)20-10-6-7-11-21(20)26(23)33)18-12-14-19(15-13-18)36-16-17-8-4-3-5-9-17/h3-15,22,33H,16H2,1-2H3/p+1. The van der Waals surface area contributed by atoms with Crippen LogP contribution in [0.5, 0.6) is 5.75 Å². The van der Waals surface area contributed by atoms with Gasteiger partial charge in [-0.3, -0.25) is 4.79 Å². The summed E-state index contributed by atoms with van der Waals surface area (Å²) in [5.41, 5.74) is 4.32. The first-order valence-electron chi connectivity index (χ1n) is 11.7. The van der Waals surface area contributed by atoms with Gasteiger partial charge in [0.05, 0.1) is 18.5 Å². The number of hydrogen-bond donors (Lipinski definition) is 2. The highest BCUT2D eigenvalue weighted by molar-refractivity contribution is 6.21. The zero-order valence-electron chi connectivity index (χ0n) is 19.9. The second-order valence-electron chi connectivity index (χ2n) is 9.05. The molecule has 178 valence electrons. The maximum absolute atomic E-state index is 13.4. The SMILES string of the molecule is Cn1c2c(c(=O)n(C)c1=O)C(c1ccc(OCc3ccccc3)cc1)C1=C(O)c3ccccc3C1=[NH+]2. The van der Waals surface area contributed by atoms with Gasteiger partial charge in [0.15, 0.2) is 0 Å². The van der Waals surface area contributed by atoms with Gasteiger partial charge >= 0.3 is 5.69 Å². The van der Waals surface area contributed by atoms with E-state index in [0.717, 1.165) is 21.3 Å². The van der Waals surface area contributed by atoms with Gasteiger partial charge in [0.1, 0.15) is 29.4 Å². The van der Waals surface area contributed by atoms with Crippen LogP contribution in [0.4, 0.5) is 5.82 Å². The van der Waals surface area contributed by atoms with E-state index in [-0.39, 0.29) is 5.76 Å². The van der Waals surface area contributed by atoms with Crippen LogP contribution in [0, 0.1) is 0 Å². The second kappa shape index (κ2) is 8.23. The normalized spacial score (nSPS) is 15.7. The van der Waals surface area contributed by atoms with Crippen LogP contribution in [0.25, 0.3) is 5.76 Å². The quantitative estimate of drug-likeness (QED) is 0.471. The summed E-state index contributed by atoms with van der Waals surface area (Å²) in [6, 6.07) is 25.0. The van der Waals surface area contributed by atoms with Gasteiger partial charge < -0.3 is 9.84 Å². The third-order valence-corrected chi connectivity index (χ3v) is 6.96. The third kappa shape index (κ3) is 3.24. The molecule has 1 aliphatic carbocycles. The highest BCUT2D eigenvalue weighted by atomic mass is 16.5. The Morgan fingerprint density at radius 1 is 0.861 bits per heavy atom. The van der Waals surface area contributed by atoms with Crippen LogP contribution in [0.1, 0.15) is 33.7 Å². The molecule has 1 aliphatic heterocycles. The van der Waals surface area contributed by atoms with Gasteiger partial charge in [-0.25, -0.2) is 14.4 Å². The fraction of sp³-hybridized carbons (Fsp3) is 0.138. The molecular weight excluding hydrogens is 454 g/mol. The second-order valence-corrected chi connectivity index (χ2v) is 9.05. The summed E-state index contributed by atoms with van der Waals surface area (Å²) in [6.45, 7) is 0.443. The maximum atomic E-state index is 13.4. The fourth-order valence-corrected chi connectivity index (χ4v) is 5.11. The van der Waals surface area contributed by atoms with E-state index < -0.39 is 17.2 Å². The lowest BCUT2D eigenvalue weighted by Gasteiger charge is -2.24. The number of benzene rings is 3. The Morgan fingerprint density at radius 3 is 2.25 bits per heavy atom. The number of aromatic nitrogens is 2. The van der Waals surface area contributed by atoms with E-state index in [0.29, 0.717) is 40.6 Å². The summed E-state index contributed by atoms with van der Waals surface area (Å²) in [5, 5.41) is 11.3. The van der Waals surface area contributed by atoms with Gasteiger partial charge in [0.2, 0.25) is 0 Å². The van der Waals surface area contributed by atoms with E-state index in [1.807, 2.05) is 78.9 Å². The summed E-state index contributed by atoms with van der Waals surface area (Å²) in [4.78, 5) is 29.5. The molecule has 0 saturated heterocycles. The molecule has 0 amide bonds. The van der Waals surface area contributed by atoms with Crippen molar-refractivity contribution in [2.45, 2.75) is 12.5 Å². The van der Waals surface area contributed by atoms with Gasteiger partial charge in [0.25, 0.3) is 11.4 Å². The molecule has 2 heterocycles. The van der Waals surface area contributed by atoms with Crippen LogP contribution in [-0.4, -0.2) is 20.0 Å². The highest BCUT2D eigenvalue weighted by Crippen LogP contribution is 2.43. The zero-order valence-corrected chi connectivity index (χ0v) is 19.9. The van der Waals surface area contributed by atoms with Crippen LogP contribution in [0.3, 0.4) is 0 Å². The van der Waals surface area contributed by atoms with Crippen molar-refractivity contribution < 1.29 is 14.8 Å². The van der Waals surface area contributed by atoms with E-state index in [2.05, 4.69) is 4.99 Å². The van der Waals surface area contributed by atoms with Crippen LogP contribution in [-0.2, 0) is 20.7 Å². The first kappa shape index (κ1) is 21.9. The van der Waals surface area contributed by atoms with Crippen molar-refractivity contribution in [2.75, 3.05) is 0 Å². The van der Waals surface area contributed by atoms with Gasteiger partial charge in [0, 0.05) is 18.2 Å². The molecule has 3 aromatic carbocycles. The van der Waals surface area contributed by atoms with E-state index in [4.69, 9.17) is 4.74 Å². The molecule has 1 aromatic heterocycles. The number of nitrogens with zero attached hydrogens (tertiary/aromatic N) is 2. The lowest BCUT2D eigenvalue weighted by molar-refractivity contribution is -0.364. The van der Waals surface area contributed by atoms with Gasteiger partial charge in [-0.05, 0) is 29.3 Å². The Balaban J connectivity index is 1.49. The number of allylic oxidation sites excluding steroid dienone is 1. The molecule has 0 radical (unpaired) electrons. The summed E-state index contributed by atoms with van der Waals surface area (Å²) >= 11 is 0. The molecule has 2 N–H and O–H groups in total. The van der Waals surface area contributed by atoms with Crippen molar-refractivity contribution in [1.29, 1.82) is 0 Å². The van der Waals surface area contributed by atoms with Gasteiger partial charge in [-0.2, -0.15) is 4.57 Å². The molecule has 36 heavy (non-hydrogen) atoms. The molecule has 6 rings (SSSR count). The number of aliphatic hydroxyl groups excluding tert-OH is 1. The van der Waals surface area contributed by atoms with Crippen molar-refractivity contribution in [1.82, 2.24) is 9.13 Å². The maximum Gasteiger partial charge on any atom is 0.417 e. The summed E-state index contributed by atoms with van der Waals surface area (Å²) in [7, 11) is 3.11. The number of nitrogens with one attached hydrogen (secondary N) is 1. The summed E-state index contributed by atoms with van der Waals surface area (Å²) in [5.74, 6) is 0.685. The van der Waals surface area contributed by atoms with Crippen molar-refractivity contribution in [2.24, 2.45) is 14.1 Å². The molecule has 0 saturated carbocycles. The van der Waals surface area contributed by atoms with Crippen LogP contribution < -0.4 is 21.0 Å². The van der Waals surface area contributed by atoms with Crippen molar-refractivity contribution in [3.05, 3.63) is 133 Å². The van der Waals surface area contributed by atoms with E-state index >= 15 is 0 Å². The van der Waals surface area contributed by atoms with E-state index in [1.165, 1.54) is 11.6 Å². The molecule has 1 unspecified atom stereocenters. The Kier molecular flexibility index (Phi) is 5.00. The average Bonchev–Trinajstić information content (AvgIpc) is 3.21. The molecule has 0 bridgehead atoms. The molecule has 0 spiro atoms. The Bertz CT molecular complexity index is 1690. The predicted octanol–water partition coefficient (Wildman–Crippen LogP) is 2.29. The van der Waals surface area contributed by atoms with Gasteiger partial charge in [-0.1, -0.05) is 60.7 Å². The van der Waals surface area contributed by atoms with Crippen molar-refractivity contribution in [3.63, 3.8) is 0 Å². The molecule has 4 aromatic rings. The predicted molar refractivity (Wildman–Crippen MR) is 137 cm³/mol. The van der Waals surface area contributed by atoms with E-state index in [9.17, 15) is 14.7 Å². The molecule has 2 aliphatic rings. The van der Waals surface area contributed by atoms with Crippen molar-refractivity contribution in [3.8, 4) is 5.75 Å². The van der Waals surface area contributed by atoms with Crippen molar-refractivity contribution >= 4 is 17.3 Å². The topological polar surface area (TPSA) is 87.4 Å². The van der Waals surface area contributed by atoms with Gasteiger partial charge in [-0.15, -0.1) is 0 Å². The molecule has 0 fully saturated rings.